The van der Waals surface area contributed by atoms with Crippen LogP contribution in [-0.2, 0) is 18.0 Å². The molecule has 4 aromatic rings. The highest BCUT2D eigenvalue weighted by atomic mass is 35.5. The molecular formula is C29H25ClF3NO6. The Labute approximate surface area is 233 Å². The molecule has 0 bridgehead atoms. The maximum Gasteiger partial charge on any atom is 0.573 e. The van der Waals surface area contributed by atoms with Crippen LogP contribution in [0.4, 0.5) is 13.2 Å². The number of halogens is 4. The molecule has 0 saturated heterocycles. The van der Waals surface area contributed by atoms with Gasteiger partial charge in [0.1, 0.15) is 41.9 Å². The number of carbonyl (C=O) groups is 1. The summed E-state index contributed by atoms with van der Waals surface area (Å²) in [5, 5.41) is 4.42. The molecule has 0 aliphatic rings. The van der Waals surface area contributed by atoms with Crippen molar-refractivity contribution in [1.82, 2.24) is 5.16 Å². The van der Waals surface area contributed by atoms with E-state index < -0.39 is 18.1 Å². The molecule has 0 saturated carbocycles. The van der Waals surface area contributed by atoms with Gasteiger partial charge in [-0.25, -0.2) is 4.79 Å². The molecule has 11 heteroatoms. The summed E-state index contributed by atoms with van der Waals surface area (Å²) < 4.78 is 65.1. The van der Waals surface area contributed by atoms with Gasteiger partial charge in [0, 0.05) is 17.0 Å². The van der Waals surface area contributed by atoms with Crippen LogP contribution in [0.1, 0.15) is 47.0 Å². The van der Waals surface area contributed by atoms with E-state index in [1.54, 1.807) is 48.5 Å². The summed E-state index contributed by atoms with van der Waals surface area (Å²) in [5.41, 5.74) is 1.83. The lowest BCUT2D eigenvalue weighted by Gasteiger charge is -2.14. The van der Waals surface area contributed by atoms with E-state index in [0.29, 0.717) is 39.0 Å². The van der Waals surface area contributed by atoms with E-state index in [4.69, 9.17) is 30.3 Å². The normalized spacial score (nSPS) is 11.4. The first-order valence-corrected chi connectivity index (χ1v) is 12.5. The fraction of sp³-hybridized carbons (Fsp3) is 0.241. The van der Waals surface area contributed by atoms with Gasteiger partial charge < -0.3 is 23.5 Å². The number of carbonyl (C=O) groups excluding carboxylic acids is 1. The number of nitrogens with zero attached hydrogens (tertiary/aromatic N) is 1. The number of methoxy groups -OCH3 is 1. The van der Waals surface area contributed by atoms with E-state index in [1.807, 2.05) is 13.8 Å². The molecule has 0 amide bonds. The molecule has 3 aromatic carbocycles. The van der Waals surface area contributed by atoms with Crippen molar-refractivity contribution in [2.75, 3.05) is 7.11 Å². The maximum absolute atomic E-state index is 13.0. The summed E-state index contributed by atoms with van der Waals surface area (Å²) in [6.07, 6.45) is -4.87. The van der Waals surface area contributed by atoms with Crippen LogP contribution >= 0.6 is 11.6 Å². The first-order chi connectivity index (χ1) is 19.1. The number of ether oxygens (including phenoxy) is 4. The first kappa shape index (κ1) is 28.8. The Balaban J connectivity index is 1.50. The van der Waals surface area contributed by atoms with E-state index in [9.17, 15) is 18.0 Å². The van der Waals surface area contributed by atoms with Gasteiger partial charge in [0.25, 0.3) is 0 Å². The zero-order valence-electron chi connectivity index (χ0n) is 21.8. The second-order valence-electron chi connectivity index (χ2n) is 8.92. The molecular weight excluding hydrogens is 551 g/mol. The van der Waals surface area contributed by atoms with Crippen LogP contribution < -0.4 is 14.2 Å². The lowest BCUT2D eigenvalue weighted by atomic mass is 10.0. The third-order valence-electron chi connectivity index (χ3n) is 5.77. The summed E-state index contributed by atoms with van der Waals surface area (Å²) in [5.74, 6) is 0.374. The number of benzene rings is 3. The molecule has 0 aliphatic carbocycles. The summed E-state index contributed by atoms with van der Waals surface area (Å²) in [4.78, 5) is 11.7. The predicted octanol–water partition coefficient (Wildman–Crippen LogP) is 7.96. The molecule has 0 spiro atoms. The highest BCUT2D eigenvalue weighted by Gasteiger charge is 2.33. The smallest absolute Gasteiger partial charge is 0.489 e. The molecule has 1 heterocycles. The number of hydrogen-bond acceptors (Lipinski definition) is 7. The van der Waals surface area contributed by atoms with Crippen molar-refractivity contribution in [1.29, 1.82) is 0 Å². The Hall–Kier alpha value is -4.18. The third-order valence-corrected chi connectivity index (χ3v) is 6.12. The Bertz CT molecular complexity index is 1480. The van der Waals surface area contributed by atoms with Crippen molar-refractivity contribution < 1.29 is 41.4 Å². The van der Waals surface area contributed by atoms with Crippen molar-refractivity contribution >= 4 is 17.6 Å². The Morgan fingerprint density at radius 1 is 0.975 bits per heavy atom. The summed E-state index contributed by atoms with van der Waals surface area (Å²) in [6, 6.07) is 17.3. The van der Waals surface area contributed by atoms with Crippen LogP contribution in [0.15, 0.2) is 71.3 Å². The van der Waals surface area contributed by atoms with Crippen molar-refractivity contribution in [2.45, 2.75) is 39.3 Å². The fourth-order valence-corrected chi connectivity index (χ4v) is 4.11. The Kier molecular flexibility index (Phi) is 8.89. The fourth-order valence-electron chi connectivity index (χ4n) is 3.88. The van der Waals surface area contributed by atoms with Crippen molar-refractivity contribution in [3.63, 3.8) is 0 Å². The average Bonchev–Trinajstić information content (AvgIpc) is 3.34. The molecule has 4 rings (SSSR count). The predicted molar refractivity (Wildman–Crippen MR) is 141 cm³/mol. The van der Waals surface area contributed by atoms with E-state index >= 15 is 0 Å². The van der Waals surface area contributed by atoms with Gasteiger partial charge in [0.05, 0.1) is 23.3 Å². The molecule has 7 nitrogen and oxygen atoms in total. The summed E-state index contributed by atoms with van der Waals surface area (Å²) in [7, 11) is 1.30. The van der Waals surface area contributed by atoms with Crippen LogP contribution in [0.3, 0.4) is 0 Å². The van der Waals surface area contributed by atoms with Gasteiger partial charge in [-0.1, -0.05) is 54.9 Å². The van der Waals surface area contributed by atoms with Crippen LogP contribution in [0, 0.1) is 0 Å². The van der Waals surface area contributed by atoms with E-state index in [2.05, 4.69) is 9.89 Å². The molecule has 0 N–H and O–H groups in total. The topological polar surface area (TPSA) is 80.0 Å². The molecule has 0 radical (unpaired) electrons. The number of esters is 1. The SMILES string of the molecule is COC(=O)c1cccc(OCc2ccc(OCc3c(-c4ccccc4OC(F)(F)F)noc3C(C)C)cc2Cl)c1. The number of para-hydroxylation sites is 1. The highest BCUT2D eigenvalue weighted by Crippen LogP contribution is 2.38. The second-order valence-corrected chi connectivity index (χ2v) is 9.33. The quantitative estimate of drug-likeness (QED) is 0.177. The number of rotatable bonds is 10. The van der Waals surface area contributed by atoms with Crippen LogP contribution in [0.2, 0.25) is 5.02 Å². The monoisotopic (exact) mass is 575 g/mol. The molecule has 40 heavy (non-hydrogen) atoms. The molecule has 0 unspecified atom stereocenters. The van der Waals surface area contributed by atoms with Crippen molar-refractivity contribution in [2.24, 2.45) is 0 Å². The van der Waals surface area contributed by atoms with E-state index in [1.165, 1.54) is 25.3 Å². The van der Waals surface area contributed by atoms with Gasteiger partial charge in [-0.05, 0) is 42.5 Å². The maximum atomic E-state index is 13.0. The zero-order valence-corrected chi connectivity index (χ0v) is 22.5. The minimum Gasteiger partial charge on any atom is -0.489 e. The summed E-state index contributed by atoms with van der Waals surface area (Å²) in [6.45, 7) is 3.84. The number of alkyl halides is 3. The van der Waals surface area contributed by atoms with Crippen molar-refractivity contribution in [3.05, 3.63) is 94.2 Å². The Morgan fingerprint density at radius 3 is 2.40 bits per heavy atom. The van der Waals surface area contributed by atoms with E-state index in [0.717, 1.165) is 0 Å². The van der Waals surface area contributed by atoms with Gasteiger partial charge >= 0.3 is 12.3 Å². The Morgan fingerprint density at radius 2 is 1.70 bits per heavy atom. The average molecular weight is 576 g/mol. The van der Waals surface area contributed by atoms with Crippen LogP contribution in [0.5, 0.6) is 17.2 Å². The molecule has 0 fully saturated rings. The van der Waals surface area contributed by atoms with E-state index in [-0.39, 0.29) is 30.4 Å². The number of aromatic nitrogens is 1. The van der Waals surface area contributed by atoms with Crippen LogP contribution in [-0.4, -0.2) is 24.6 Å². The number of hydrogen-bond donors (Lipinski definition) is 0. The zero-order chi connectivity index (χ0) is 28.9. The molecule has 210 valence electrons. The minimum atomic E-state index is -4.87. The molecule has 1 aromatic heterocycles. The first-order valence-electron chi connectivity index (χ1n) is 12.1. The van der Waals surface area contributed by atoms with Gasteiger partial charge in [0.2, 0.25) is 0 Å². The largest absolute Gasteiger partial charge is 0.573 e. The summed E-state index contributed by atoms with van der Waals surface area (Å²) >= 11 is 6.46. The standard InChI is InChI=1S/C29H25ClF3NO6/c1-17(2)27-23(26(34-40-27)22-9-4-5-10-25(22)39-29(31,32)33)16-38-21-12-11-19(24(30)14-21)15-37-20-8-6-7-18(13-20)28(35)36-3/h4-14,17H,15-16H2,1-3H3. The van der Waals surface area contributed by atoms with Gasteiger partial charge in [-0.3, -0.25) is 0 Å². The lowest BCUT2D eigenvalue weighted by molar-refractivity contribution is -0.274. The third kappa shape index (κ3) is 7.06. The lowest BCUT2D eigenvalue weighted by Crippen LogP contribution is -2.17. The van der Waals surface area contributed by atoms with Crippen LogP contribution in [0.25, 0.3) is 11.3 Å². The van der Waals surface area contributed by atoms with Crippen molar-refractivity contribution in [3.8, 4) is 28.5 Å². The minimum absolute atomic E-state index is 0.0425. The second kappa shape index (κ2) is 12.3. The molecule has 0 aliphatic heterocycles. The van der Waals surface area contributed by atoms with Gasteiger partial charge in [-0.15, -0.1) is 13.2 Å². The highest BCUT2D eigenvalue weighted by molar-refractivity contribution is 6.31. The van der Waals surface area contributed by atoms with Gasteiger partial charge in [-0.2, -0.15) is 0 Å². The van der Waals surface area contributed by atoms with Gasteiger partial charge in [0.15, 0.2) is 0 Å². The molecule has 0 atom stereocenters.